The monoisotopic (exact) mass is 290 g/mol. The van der Waals surface area contributed by atoms with Gasteiger partial charge in [0.1, 0.15) is 11.9 Å². The van der Waals surface area contributed by atoms with Crippen LogP contribution in [0.25, 0.3) is 10.9 Å². The maximum atomic E-state index is 11.9. The summed E-state index contributed by atoms with van der Waals surface area (Å²) in [4.78, 5) is 15.1. The Balaban J connectivity index is 1.95. The van der Waals surface area contributed by atoms with Crippen molar-refractivity contribution in [3.05, 3.63) is 30.0 Å². The van der Waals surface area contributed by atoms with Gasteiger partial charge in [0.05, 0.1) is 13.7 Å². The van der Waals surface area contributed by atoms with Crippen LogP contribution in [0.1, 0.15) is 26.0 Å². The number of H-pyrrole nitrogens is 1. The smallest absolute Gasteiger partial charge is 0.249 e. The molecule has 0 aliphatic rings. The Kier molecular flexibility index (Phi) is 5.22. The molecule has 0 bridgehead atoms. The van der Waals surface area contributed by atoms with Crippen molar-refractivity contribution in [2.24, 2.45) is 0 Å². The molecule has 0 unspecified atom stereocenters. The predicted molar refractivity (Wildman–Crippen MR) is 82.4 cm³/mol. The Hall–Kier alpha value is -2.01. The number of aromatic nitrogens is 1. The highest BCUT2D eigenvalue weighted by atomic mass is 16.5. The molecule has 0 fully saturated rings. The molecule has 0 radical (unpaired) electrons. The molecule has 5 nitrogen and oxygen atoms in total. The molecule has 114 valence electrons. The van der Waals surface area contributed by atoms with E-state index < -0.39 is 6.10 Å². The highest BCUT2D eigenvalue weighted by Gasteiger charge is 2.12. The van der Waals surface area contributed by atoms with Crippen LogP contribution < -0.4 is 10.1 Å². The van der Waals surface area contributed by atoms with E-state index in [2.05, 4.69) is 10.3 Å². The maximum Gasteiger partial charge on any atom is 0.249 e. The van der Waals surface area contributed by atoms with Crippen LogP contribution in [-0.4, -0.2) is 30.7 Å². The van der Waals surface area contributed by atoms with Crippen molar-refractivity contribution in [3.8, 4) is 5.75 Å². The molecule has 2 N–H and O–H groups in total. The van der Waals surface area contributed by atoms with Gasteiger partial charge in [0, 0.05) is 23.2 Å². The summed E-state index contributed by atoms with van der Waals surface area (Å²) in [5.41, 5.74) is 1.98. The number of methoxy groups -OCH3 is 1. The normalized spacial score (nSPS) is 12.3. The molecular weight excluding hydrogens is 268 g/mol. The summed E-state index contributed by atoms with van der Waals surface area (Å²) in [6.45, 7) is 4.83. The van der Waals surface area contributed by atoms with Crippen LogP contribution in [0.4, 0.5) is 0 Å². The molecule has 21 heavy (non-hydrogen) atoms. The van der Waals surface area contributed by atoms with E-state index in [0.717, 1.165) is 28.8 Å². The molecule has 0 spiro atoms. The van der Waals surface area contributed by atoms with Crippen LogP contribution in [0.3, 0.4) is 0 Å². The lowest BCUT2D eigenvalue weighted by Gasteiger charge is -2.12. The number of ether oxygens (including phenoxy) is 2. The van der Waals surface area contributed by atoms with Crippen LogP contribution in [-0.2, 0) is 16.1 Å². The fraction of sp³-hybridized carbons (Fsp3) is 0.438. The Morgan fingerprint density at radius 1 is 1.38 bits per heavy atom. The van der Waals surface area contributed by atoms with Crippen LogP contribution >= 0.6 is 0 Å². The van der Waals surface area contributed by atoms with Gasteiger partial charge in [0.2, 0.25) is 5.91 Å². The number of aromatic amines is 1. The lowest BCUT2D eigenvalue weighted by atomic mass is 10.2. The number of nitrogens with one attached hydrogen (secondary N) is 2. The summed E-state index contributed by atoms with van der Waals surface area (Å²) < 4.78 is 10.6. The zero-order valence-electron chi connectivity index (χ0n) is 12.7. The lowest BCUT2D eigenvalue weighted by Crippen LogP contribution is -2.34. The second-order valence-electron chi connectivity index (χ2n) is 4.98. The van der Waals surface area contributed by atoms with Gasteiger partial charge in [-0.3, -0.25) is 4.79 Å². The summed E-state index contributed by atoms with van der Waals surface area (Å²) in [6, 6.07) is 7.84. The zero-order valence-corrected chi connectivity index (χ0v) is 12.7. The number of hydrogen-bond donors (Lipinski definition) is 2. The van der Waals surface area contributed by atoms with Gasteiger partial charge in [-0.25, -0.2) is 0 Å². The summed E-state index contributed by atoms with van der Waals surface area (Å²) >= 11 is 0. The molecule has 0 aliphatic heterocycles. The minimum atomic E-state index is -0.422. The molecule has 0 aliphatic carbocycles. The highest BCUT2D eigenvalue weighted by molar-refractivity contribution is 5.83. The van der Waals surface area contributed by atoms with Gasteiger partial charge >= 0.3 is 0 Å². The molecule has 0 saturated carbocycles. The highest BCUT2D eigenvalue weighted by Crippen LogP contribution is 2.21. The summed E-state index contributed by atoms with van der Waals surface area (Å²) in [5.74, 6) is 0.721. The SMILES string of the molecule is CCCO[C@H](C)C(=O)NCc1cc2cc(OC)ccc2[nH]1. The summed E-state index contributed by atoms with van der Waals surface area (Å²) in [5, 5.41) is 3.93. The van der Waals surface area contributed by atoms with Crippen molar-refractivity contribution in [3.63, 3.8) is 0 Å². The lowest BCUT2D eigenvalue weighted by molar-refractivity contribution is -0.131. The molecule has 1 atom stereocenters. The average Bonchev–Trinajstić information content (AvgIpc) is 2.91. The fourth-order valence-corrected chi connectivity index (χ4v) is 2.09. The van der Waals surface area contributed by atoms with E-state index in [1.165, 1.54) is 0 Å². The van der Waals surface area contributed by atoms with Crippen molar-refractivity contribution in [2.75, 3.05) is 13.7 Å². The molecule has 5 heteroatoms. The molecular formula is C16H22N2O3. The molecule has 1 heterocycles. The average molecular weight is 290 g/mol. The van der Waals surface area contributed by atoms with Crippen molar-refractivity contribution in [2.45, 2.75) is 32.9 Å². The van der Waals surface area contributed by atoms with Crippen molar-refractivity contribution in [1.82, 2.24) is 10.3 Å². The summed E-state index contributed by atoms with van der Waals surface area (Å²) in [6.07, 6.45) is 0.482. The largest absolute Gasteiger partial charge is 0.497 e. The van der Waals surface area contributed by atoms with E-state index in [4.69, 9.17) is 9.47 Å². The van der Waals surface area contributed by atoms with Crippen molar-refractivity contribution < 1.29 is 14.3 Å². The zero-order chi connectivity index (χ0) is 15.2. The first-order chi connectivity index (χ1) is 10.1. The Morgan fingerprint density at radius 2 is 2.19 bits per heavy atom. The Bertz CT molecular complexity index is 607. The van der Waals surface area contributed by atoms with Crippen LogP contribution in [0, 0.1) is 0 Å². The van der Waals surface area contributed by atoms with Gasteiger partial charge in [-0.05, 0) is 37.6 Å². The first-order valence-corrected chi connectivity index (χ1v) is 7.19. The Morgan fingerprint density at radius 3 is 2.90 bits per heavy atom. The molecule has 1 aromatic heterocycles. The van der Waals surface area contributed by atoms with Crippen molar-refractivity contribution in [1.29, 1.82) is 0 Å². The number of carbonyl (C=O) groups excluding carboxylic acids is 1. The number of carbonyl (C=O) groups is 1. The quantitative estimate of drug-likeness (QED) is 0.824. The number of rotatable bonds is 7. The van der Waals surface area contributed by atoms with Crippen molar-refractivity contribution >= 4 is 16.8 Å². The molecule has 0 saturated heterocycles. The van der Waals surface area contributed by atoms with Gasteiger partial charge in [-0.2, -0.15) is 0 Å². The van der Waals surface area contributed by atoms with Gasteiger partial charge in [0.15, 0.2) is 0 Å². The van der Waals surface area contributed by atoms with E-state index >= 15 is 0 Å². The third-order valence-electron chi connectivity index (χ3n) is 3.28. The van der Waals surface area contributed by atoms with E-state index in [0.29, 0.717) is 13.2 Å². The van der Waals surface area contributed by atoms with E-state index in [1.54, 1.807) is 14.0 Å². The molecule has 2 rings (SSSR count). The van der Waals surface area contributed by atoms with Crippen LogP contribution in [0.15, 0.2) is 24.3 Å². The van der Waals surface area contributed by atoms with E-state index in [9.17, 15) is 4.79 Å². The molecule has 1 amide bonds. The van der Waals surface area contributed by atoms with Gasteiger partial charge in [-0.15, -0.1) is 0 Å². The standard InChI is InChI=1S/C16H22N2O3/c1-4-7-21-11(2)16(19)17-10-13-8-12-9-14(20-3)5-6-15(12)18-13/h5-6,8-9,11,18H,4,7,10H2,1-3H3,(H,17,19)/t11-/m1/s1. The second kappa shape index (κ2) is 7.13. The predicted octanol–water partition coefficient (Wildman–Crippen LogP) is 2.61. The first kappa shape index (κ1) is 15.4. The number of amides is 1. The van der Waals surface area contributed by atoms with E-state index in [-0.39, 0.29) is 5.91 Å². The fourth-order valence-electron chi connectivity index (χ4n) is 2.09. The third kappa shape index (κ3) is 3.98. The van der Waals surface area contributed by atoms with Crippen LogP contribution in [0.2, 0.25) is 0 Å². The van der Waals surface area contributed by atoms with Gasteiger partial charge in [-0.1, -0.05) is 6.92 Å². The van der Waals surface area contributed by atoms with Crippen LogP contribution in [0.5, 0.6) is 5.75 Å². The summed E-state index contributed by atoms with van der Waals surface area (Å²) in [7, 11) is 1.65. The number of benzene rings is 1. The molecule has 2 aromatic rings. The topological polar surface area (TPSA) is 63.4 Å². The minimum Gasteiger partial charge on any atom is -0.497 e. The Labute approximate surface area is 124 Å². The minimum absolute atomic E-state index is 0.0975. The number of hydrogen-bond acceptors (Lipinski definition) is 3. The number of fused-ring (bicyclic) bond motifs is 1. The molecule has 1 aromatic carbocycles. The first-order valence-electron chi connectivity index (χ1n) is 7.19. The van der Waals surface area contributed by atoms with E-state index in [1.807, 2.05) is 31.2 Å². The second-order valence-corrected chi connectivity index (χ2v) is 4.98. The van der Waals surface area contributed by atoms with Gasteiger partial charge in [0.25, 0.3) is 0 Å². The maximum absolute atomic E-state index is 11.9. The third-order valence-corrected chi connectivity index (χ3v) is 3.28. The van der Waals surface area contributed by atoms with Gasteiger partial charge < -0.3 is 19.8 Å².